The average Bonchev–Trinajstić information content (AvgIpc) is 3.67. The van der Waals surface area contributed by atoms with E-state index in [0.717, 1.165) is 28.9 Å². The first-order chi connectivity index (χ1) is 19.8. The minimum Gasteiger partial charge on any atom is -0.507 e. The van der Waals surface area contributed by atoms with E-state index in [1.165, 1.54) is 40.1 Å². The Labute approximate surface area is 244 Å². The highest BCUT2D eigenvalue weighted by Gasteiger charge is 2.48. The lowest BCUT2D eigenvalue weighted by Crippen LogP contribution is -2.29. The predicted molar refractivity (Wildman–Crippen MR) is 157 cm³/mol. The molecule has 0 spiro atoms. The van der Waals surface area contributed by atoms with E-state index in [1.807, 2.05) is 44.2 Å². The molecule has 1 saturated heterocycles. The van der Waals surface area contributed by atoms with Crippen LogP contribution >= 0.6 is 23.1 Å². The average molecular weight is 588 g/mol. The highest BCUT2D eigenvalue weighted by atomic mass is 32.2. The molecule has 2 aliphatic rings. The van der Waals surface area contributed by atoms with Gasteiger partial charge in [0.15, 0.2) is 4.34 Å². The summed E-state index contributed by atoms with van der Waals surface area (Å²) in [5.41, 5.74) is 4.08. The molecule has 1 aromatic heterocycles. The van der Waals surface area contributed by atoms with Gasteiger partial charge in [0.25, 0.3) is 5.78 Å². The van der Waals surface area contributed by atoms with Crippen molar-refractivity contribution in [2.24, 2.45) is 0 Å². The summed E-state index contributed by atoms with van der Waals surface area (Å²) in [5.74, 6) is -0.819. The third-order valence-electron chi connectivity index (χ3n) is 7.20. The highest BCUT2D eigenvalue weighted by molar-refractivity contribution is 8.00. The molecule has 2 unspecified atom stereocenters. The number of thioether (sulfide) groups is 1. The Morgan fingerprint density at radius 1 is 1.07 bits per heavy atom. The van der Waals surface area contributed by atoms with Crippen molar-refractivity contribution in [2.75, 3.05) is 4.90 Å². The molecule has 2 atom stereocenters. The molecule has 0 aliphatic carbocycles. The minimum absolute atomic E-state index is 0.00174. The zero-order valence-electron chi connectivity index (χ0n) is 22.3. The first-order valence-electron chi connectivity index (χ1n) is 13.2. The molecule has 0 radical (unpaired) electrons. The molecule has 6 rings (SSSR count). The normalized spacial score (nSPS) is 19.4. The number of aromatic nitrogens is 2. The minimum atomic E-state index is -0.882. The number of rotatable bonds is 7. The number of fused-ring (bicyclic) bond motifs is 1. The third-order valence-corrected chi connectivity index (χ3v) is 9.32. The number of nitrogens with zero attached hydrogens (tertiary/aromatic N) is 3. The molecule has 4 aromatic rings. The number of ether oxygens (including phenoxy) is 1. The Bertz CT molecular complexity index is 1670. The number of benzene rings is 3. The Balaban J connectivity index is 1.38. The number of aliphatic hydroxyl groups is 1. The van der Waals surface area contributed by atoms with E-state index >= 15 is 0 Å². The van der Waals surface area contributed by atoms with E-state index < -0.39 is 17.7 Å². The van der Waals surface area contributed by atoms with Crippen molar-refractivity contribution in [3.63, 3.8) is 0 Å². The Kier molecular flexibility index (Phi) is 7.35. The van der Waals surface area contributed by atoms with Gasteiger partial charge >= 0.3 is 5.91 Å². The Morgan fingerprint density at radius 3 is 2.54 bits per heavy atom. The SMILES string of the molecule is CCc1ccc(C2/C(=C(\O)c3ccc4c(c3)CC(C)O4)C(=O)C(=O)N2c2nnc(SCc3ccc(F)cc3)s2)cc1. The first-order valence-corrected chi connectivity index (χ1v) is 15.0. The summed E-state index contributed by atoms with van der Waals surface area (Å²) in [6, 6.07) is 18.3. The van der Waals surface area contributed by atoms with Crippen LogP contribution in [0.25, 0.3) is 5.76 Å². The molecule has 1 fully saturated rings. The standard InChI is InChI=1S/C31H26FN3O4S2/c1-3-18-4-8-20(9-5-18)26-25(27(36)21-10-13-24-22(15-21)14-17(2)39-24)28(37)29(38)35(26)30-33-34-31(41-30)40-16-19-6-11-23(32)12-7-19/h4-13,15,17,26,36H,3,14,16H2,1-2H3/b27-25+. The van der Waals surface area contributed by atoms with Crippen LogP contribution in [0, 0.1) is 5.82 Å². The van der Waals surface area contributed by atoms with Gasteiger partial charge in [-0.05, 0) is 65.9 Å². The fraction of sp³-hybridized carbons (Fsp3) is 0.226. The lowest BCUT2D eigenvalue weighted by molar-refractivity contribution is -0.132. The lowest BCUT2D eigenvalue weighted by Gasteiger charge is -2.22. The van der Waals surface area contributed by atoms with Gasteiger partial charge in [-0.2, -0.15) is 0 Å². The number of anilines is 1. The van der Waals surface area contributed by atoms with Crippen molar-refractivity contribution in [1.82, 2.24) is 10.2 Å². The van der Waals surface area contributed by atoms with Crippen molar-refractivity contribution in [2.45, 2.75) is 48.9 Å². The van der Waals surface area contributed by atoms with Gasteiger partial charge in [-0.15, -0.1) is 10.2 Å². The van der Waals surface area contributed by atoms with Gasteiger partial charge in [-0.25, -0.2) is 4.39 Å². The predicted octanol–water partition coefficient (Wildman–Crippen LogP) is 6.48. The number of ketones is 1. The van der Waals surface area contributed by atoms with Gasteiger partial charge in [-0.3, -0.25) is 14.5 Å². The lowest BCUT2D eigenvalue weighted by atomic mass is 9.94. The van der Waals surface area contributed by atoms with Crippen LogP contribution in [0.2, 0.25) is 0 Å². The van der Waals surface area contributed by atoms with E-state index in [9.17, 15) is 19.1 Å². The molecule has 1 amide bonds. The number of hydrogen-bond donors (Lipinski definition) is 1. The molecule has 3 heterocycles. The molecule has 0 bridgehead atoms. The Hall–Kier alpha value is -4.02. The van der Waals surface area contributed by atoms with E-state index in [2.05, 4.69) is 10.2 Å². The van der Waals surface area contributed by atoms with Gasteiger partial charge < -0.3 is 9.84 Å². The van der Waals surface area contributed by atoms with Crippen molar-refractivity contribution < 1.29 is 23.8 Å². The number of carbonyl (C=O) groups is 2. The fourth-order valence-electron chi connectivity index (χ4n) is 5.09. The maximum absolute atomic E-state index is 13.5. The van der Waals surface area contributed by atoms with Gasteiger partial charge in [-0.1, -0.05) is 66.4 Å². The Morgan fingerprint density at radius 2 is 1.80 bits per heavy atom. The summed E-state index contributed by atoms with van der Waals surface area (Å²) in [6.07, 6.45) is 1.55. The largest absolute Gasteiger partial charge is 0.507 e. The second kappa shape index (κ2) is 11.1. The van der Waals surface area contributed by atoms with Gasteiger partial charge in [0.2, 0.25) is 5.13 Å². The van der Waals surface area contributed by atoms with Crippen LogP contribution in [0.5, 0.6) is 5.75 Å². The second-order valence-electron chi connectivity index (χ2n) is 9.99. The number of Topliss-reactive ketones (excluding diaryl/α,β-unsaturated/α-hetero) is 1. The summed E-state index contributed by atoms with van der Waals surface area (Å²) < 4.78 is 19.6. The topological polar surface area (TPSA) is 92.6 Å². The summed E-state index contributed by atoms with van der Waals surface area (Å²) in [5, 5.41) is 20.3. The van der Waals surface area contributed by atoms with Crippen molar-refractivity contribution in [1.29, 1.82) is 0 Å². The van der Waals surface area contributed by atoms with Crippen molar-refractivity contribution in [3.05, 3.63) is 106 Å². The van der Waals surface area contributed by atoms with Crippen LogP contribution in [0.4, 0.5) is 9.52 Å². The van der Waals surface area contributed by atoms with Crippen LogP contribution < -0.4 is 9.64 Å². The molecule has 2 aliphatic heterocycles. The second-order valence-corrected chi connectivity index (χ2v) is 12.2. The number of hydrogen-bond acceptors (Lipinski definition) is 8. The molecule has 1 N–H and O–H groups in total. The number of aliphatic hydroxyl groups excluding tert-OH is 1. The highest BCUT2D eigenvalue weighted by Crippen LogP contribution is 2.44. The van der Waals surface area contributed by atoms with Gasteiger partial charge in [0, 0.05) is 17.7 Å². The quantitative estimate of drug-likeness (QED) is 0.0870. The summed E-state index contributed by atoms with van der Waals surface area (Å²) in [7, 11) is 0. The number of amides is 1. The fourth-order valence-corrected chi connectivity index (χ4v) is 6.91. The van der Waals surface area contributed by atoms with Gasteiger partial charge in [0.1, 0.15) is 23.4 Å². The van der Waals surface area contributed by atoms with E-state index in [1.54, 1.807) is 24.3 Å². The zero-order chi connectivity index (χ0) is 28.7. The van der Waals surface area contributed by atoms with Crippen molar-refractivity contribution in [3.8, 4) is 5.75 Å². The van der Waals surface area contributed by atoms with Crippen molar-refractivity contribution >= 4 is 45.7 Å². The number of halogens is 1. The molecule has 3 aromatic carbocycles. The monoisotopic (exact) mass is 587 g/mol. The van der Waals surface area contributed by atoms with Crippen LogP contribution in [0.15, 0.2) is 76.6 Å². The molecular weight excluding hydrogens is 561 g/mol. The molecule has 41 heavy (non-hydrogen) atoms. The van der Waals surface area contributed by atoms with E-state index in [0.29, 0.717) is 27.6 Å². The first kappa shape index (κ1) is 27.2. The molecule has 208 valence electrons. The molecule has 7 nitrogen and oxygen atoms in total. The van der Waals surface area contributed by atoms with Crippen LogP contribution in [0.1, 0.15) is 47.7 Å². The number of carbonyl (C=O) groups excluding carboxylic acids is 2. The third kappa shape index (κ3) is 5.25. The summed E-state index contributed by atoms with van der Waals surface area (Å²) in [6.45, 7) is 4.02. The summed E-state index contributed by atoms with van der Waals surface area (Å²) in [4.78, 5) is 28.4. The maximum atomic E-state index is 13.5. The molecular formula is C31H26FN3O4S2. The number of aryl methyl sites for hydroxylation is 1. The van der Waals surface area contributed by atoms with Gasteiger partial charge in [0.05, 0.1) is 11.6 Å². The smallest absolute Gasteiger partial charge is 0.301 e. The molecule has 10 heteroatoms. The zero-order valence-corrected chi connectivity index (χ0v) is 24.0. The maximum Gasteiger partial charge on any atom is 0.301 e. The van der Waals surface area contributed by atoms with E-state index in [-0.39, 0.29) is 28.4 Å². The van der Waals surface area contributed by atoms with Crippen LogP contribution in [-0.2, 0) is 28.2 Å². The summed E-state index contributed by atoms with van der Waals surface area (Å²) >= 11 is 2.59. The van der Waals surface area contributed by atoms with Crippen LogP contribution in [0.3, 0.4) is 0 Å². The van der Waals surface area contributed by atoms with E-state index in [4.69, 9.17) is 4.74 Å². The molecule has 0 saturated carbocycles. The van der Waals surface area contributed by atoms with Crippen LogP contribution in [-0.4, -0.2) is 33.1 Å².